The summed E-state index contributed by atoms with van der Waals surface area (Å²) >= 11 is 0. The van der Waals surface area contributed by atoms with Gasteiger partial charge in [0.15, 0.2) is 5.69 Å². The van der Waals surface area contributed by atoms with Crippen LogP contribution in [0.3, 0.4) is 0 Å². The number of nitrogens with zero attached hydrogens (tertiary/aromatic N) is 2. The minimum absolute atomic E-state index is 0.106. The molecule has 5 aliphatic carbocycles. The molecule has 1 amide bonds. The van der Waals surface area contributed by atoms with Crippen LogP contribution in [0, 0.1) is 23.7 Å². The second-order valence-electron chi connectivity index (χ2n) is 8.91. The lowest BCUT2D eigenvalue weighted by molar-refractivity contribution is -0.141. The van der Waals surface area contributed by atoms with E-state index in [0.717, 1.165) is 30.7 Å². The fourth-order valence-electron chi connectivity index (χ4n) is 5.93. The smallest absolute Gasteiger partial charge is 0.351 e. The van der Waals surface area contributed by atoms with Gasteiger partial charge in [-0.05, 0) is 74.7 Å². The molecular formula is C19H24F3N3O. The van der Waals surface area contributed by atoms with Gasteiger partial charge in [-0.2, -0.15) is 18.3 Å². The van der Waals surface area contributed by atoms with Crippen LogP contribution in [-0.2, 0) is 17.5 Å². The standard InChI is InChI=1S/C19H24F3N3O/c20-19(21,22)16-8-15(12-1-2-12)25(24-16)9-17(26)23-18-13-4-10-3-11(6-13)7-14(18)5-10/h8,10-14,18H,1-7,9H2,(H,23,26). The largest absolute Gasteiger partial charge is 0.435 e. The first-order valence-electron chi connectivity index (χ1n) is 9.81. The van der Waals surface area contributed by atoms with Crippen molar-refractivity contribution in [2.45, 2.75) is 69.6 Å². The van der Waals surface area contributed by atoms with E-state index in [-0.39, 0.29) is 24.4 Å². The van der Waals surface area contributed by atoms with Gasteiger partial charge in [0.25, 0.3) is 0 Å². The molecule has 0 aromatic carbocycles. The predicted octanol–water partition coefficient (Wildman–Crippen LogP) is 3.72. The molecule has 6 rings (SSSR count). The second kappa shape index (κ2) is 5.73. The molecule has 0 aliphatic heterocycles. The molecule has 5 saturated carbocycles. The maximum Gasteiger partial charge on any atom is 0.435 e. The van der Waals surface area contributed by atoms with Crippen LogP contribution in [0.5, 0.6) is 0 Å². The van der Waals surface area contributed by atoms with Crippen molar-refractivity contribution in [1.82, 2.24) is 15.1 Å². The monoisotopic (exact) mass is 367 g/mol. The Labute approximate surface area is 150 Å². The van der Waals surface area contributed by atoms with Crippen molar-refractivity contribution < 1.29 is 18.0 Å². The molecule has 1 N–H and O–H groups in total. The van der Waals surface area contributed by atoms with Gasteiger partial charge in [-0.3, -0.25) is 9.48 Å². The molecule has 5 aliphatic rings. The lowest BCUT2D eigenvalue weighted by atomic mass is 9.54. The highest BCUT2D eigenvalue weighted by molar-refractivity contribution is 5.76. The van der Waals surface area contributed by atoms with E-state index in [1.54, 1.807) is 0 Å². The number of hydrogen-bond acceptors (Lipinski definition) is 2. The Morgan fingerprint density at radius 1 is 1.12 bits per heavy atom. The average Bonchev–Trinajstić information content (AvgIpc) is 3.30. The Balaban J connectivity index is 1.29. The number of aromatic nitrogens is 2. The first-order valence-corrected chi connectivity index (χ1v) is 9.81. The van der Waals surface area contributed by atoms with E-state index in [0.29, 0.717) is 17.5 Å². The van der Waals surface area contributed by atoms with Gasteiger partial charge < -0.3 is 5.32 Å². The molecule has 26 heavy (non-hydrogen) atoms. The molecule has 0 spiro atoms. The number of carbonyl (C=O) groups is 1. The van der Waals surface area contributed by atoms with Crippen LogP contribution >= 0.6 is 0 Å². The van der Waals surface area contributed by atoms with Crippen molar-refractivity contribution in [3.63, 3.8) is 0 Å². The lowest BCUT2D eigenvalue weighted by Gasteiger charge is -2.54. The highest BCUT2D eigenvalue weighted by Crippen LogP contribution is 2.53. The number of alkyl halides is 3. The van der Waals surface area contributed by atoms with Gasteiger partial charge in [-0.1, -0.05) is 0 Å². The molecule has 0 unspecified atom stereocenters. The summed E-state index contributed by atoms with van der Waals surface area (Å²) < 4.78 is 40.3. The molecular weight excluding hydrogens is 343 g/mol. The van der Waals surface area contributed by atoms with Crippen molar-refractivity contribution in [3.05, 3.63) is 17.5 Å². The molecule has 7 heteroatoms. The zero-order chi connectivity index (χ0) is 18.1. The average molecular weight is 367 g/mol. The van der Waals surface area contributed by atoms with Crippen LogP contribution in [0.1, 0.15) is 62.3 Å². The number of hydrogen-bond donors (Lipinski definition) is 1. The summed E-state index contributed by atoms with van der Waals surface area (Å²) in [4.78, 5) is 12.6. The Hall–Kier alpha value is -1.53. The van der Waals surface area contributed by atoms with Gasteiger partial charge in [0.2, 0.25) is 5.91 Å². The summed E-state index contributed by atoms with van der Waals surface area (Å²) in [7, 11) is 0. The number of halogens is 3. The Morgan fingerprint density at radius 3 is 2.27 bits per heavy atom. The van der Waals surface area contributed by atoms with Crippen LogP contribution < -0.4 is 5.32 Å². The topological polar surface area (TPSA) is 46.9 Å². The maximum atomic E-state index is 13.0. The molecule has 0 radical (unpaired) electrons. The molecule has 142 valence electrons. The Kier molecular flexibility index (Phi) is 3.67. The van der Waals surface area contributed by atoms with Gasteiger partial charge in [0.1, 0.15) is 6.54 Å². The van der Waals surface area contributed by atoms with E-state index in [1.807, 2.05) is 0 Å². The van der Waals surface area contributed by atoms with Crippen LogP contribution in [-0.4, -0.2) is 21.7 Å². The lowest BCUT2D eigenvalue weighted by Crippen LogP contribution is -2.56. The SMILES string of the molecule is O=C(Cn1nc(C(F)(F)F)cc1C1CC1)NC1C2CC3CC(C2)CC1C3. The maximum absolute atomic E-state index is 13.0. The van der Waals surface area contributed by atoms with Crippen molar-refractivity contribution in [1.29, 1.82) is 0 Å². The third-order valence-corrected chi connectivity index (χ3v) is 6.94. The van der Waals surface area contributed by atoms with Gasteiger partial charge in [0, 0.05) is 17.7 Å². The van der Waals surface area contributed by atoms with E-state index in [9.17, 15) is 18.0 Å². The summed E-state index contributed by atoms with van der Waals surface area (Å²) in [5.41, 5.74) is -0.334. The molecule has 5 fully saturated rings. The van der Waals surface area contributed by atoms with E-state index in [4.69, 9.17) is 0 Å². The summed E-state index contributed by atoms with van der Waals surface area (Å²) in [5.74, 6) is 2.69. The third-order valence-electron chi connectivity index (χ3n) is 6.94. The van der Waals surface area contributed by atoms with Crippen molar-refractivity contribution in [2.24, 2.45) is 23.7 Å². The minimum Gasteiger partial charge on any atom is -0.351 e. The van der Waals surface area contributed by atoms with Crippen molar-refractivity contribution >= 4 is 5.91 Å². The Morgan fingerprint density at radius 2 is 1.73 bits per heavy atom. The zero-order valence-corrected chi connectivity index (χ0v) is 14.6. The fourth-order valence-corrected chi connectivity index (χ4v) is 5.93. The van der Waals surface area contributed by atoms with Crippen LogP contribution in [0.4, 0.5) is 13.2 Å². The number of carbonyl (C=O) groups excluding carboxylic acids is 1. The third kappa shape index (κ3) is 2.93. The minimum atomic E-state index is -4.47. The van der Waals surface area contributed by atoms with Gasteiger partial charge in [0.05, 0.1) is 0 Å². The van der Waals surface area contributed by atoms with Crippen LogP contribution in [0.25, 0.3) is 0 Å². The molecule has 1 aromatic heterocycles. The molecule has 1 aromatic rings. The second-order valence-corrected chi connectivity index (χ2v) is 8.91. The van der Waals surface area contributed by atoms with E-state index >= 15 is 0 Å². The van der Waals surface area contributed by atoms with Crippen LogP contribution in [0.15, 0.2) is 6.07 Å². The van der Waals surface area contributed by atoms with Crippen LogP contribution in [0.2, 0.25) is 0 Å². The summed E-state index contributed by atoms with van der Waals surface area (Å²) in [6, 6.07) is 1.32. The normalized spacial score (nSPS) is 35.7. The summed E-state index contributed by atoms with van der Waals surface area (Å²) in [6.45, 7) is -0.106. The Bertz CT molecular complexity index is 694. The van der Waals surface area contributed by atoms with E-state index in [2.05, 4.69) is 10.4 Å². The van der Waals surface area contributed by atoms with Gasteiger partial charge in [-0.15, -0.1) is 0 Å². The highest BCUT2D eigenvalue weighted by Gasteiger charge is 2.48. The van der Waals surface area contributed by atoms with Gasteiger partial charge >= 0.3 is 6.18 Å². The van der Waals surface area contributed by atoms with E-state index in [1.165, 1.54) is 36.8 Å². The number of rotatable bonds is 4. The summed E-state index contributed by atoms with van der Waals surface area (Å²) in [5, 5.41) is 6.86. The predicted molar refractivity (Wildman–Crippen MR) is 88.2 cm³/mol. The summed E-state index contributed by atoms with van der Waals surface area (Å²) in [6.07, 6.45) is 3.44. The molecule has 4 nitrogen and oxygen atoms in total. The number of nitrogens with one attached hydrogen (secondary N) is 1. The molecule has 0 saturated heterocycles. The molecule has 0 atom stereocenters. The fraction of sp³-hybridized carbons (Fsp3) is 0.789. The van der Waals surface area contributed by atoms with Gasteiger partial charge in [-0.25, -0.2) is 0 Å². The first-order chi connectivity index (χ1) is 12.4. The first kappa shape index (κ1) is 16.6. The quantitative estimate of drug-likeness (QED) is 0.882. The van der Waals surface area contributed by atoms with Crippen molar-refractivity contribution in [2.75, 3.05) is 0 Å². The van der Waals surface area contributed by atoms with Crippen molar-refractivity contribution in [3.8, 4) is 0 Å². The molecule has 1 heterocycles. The number of amides is 1. The highest BCUT2D eigenvalue weighted by atomic mass is 19.4. The zero-order valence-electron chi connectivity index (χ0n) is 14.6. The van der Waals surface area contributed by atoms with E-state index < -0.39 is 11.9 Å². The molecule has 4 bridgehead atoms.